The van der Waals surface area contributed by atoms with Crippen molar-refractivity contribution in [3.63, 3.8) is 0 Å². The van der Waals surface area contributed by atoms with Crippen LogP contribution in [-0.2, 0) is 29.1 Å². The Kier molecular flexibility index (Phi) is 12.7. The third-order valence-electron chi connectivity index (χ3n) is 14.9. The predicted molar refractivity (Wildman–Crippen MR) is 247 cm³/mol. The van der Waals surface area contributed by atoms with Gasteiger partial charge in [0.1, 0.15) is 35.6 Å². The van der Waals surface area contributed by atoms with Gasteiger partial charge in [-0.25, -0.2) is 22.6 Å². The summed E-state index contributed by atoms with van der Waals surface area (Å²) < 4.78 is 67.6. The number of ether oxygens (including phenoxy) is 4. The molecule has 15 nitrogen and oxygen atoms in total. The summed E-state index contributed by atoms with van der Waals surface area (Å²) in [7, 11) is -2.59. The number of carbonyl (C=O) groups excluding carboxylic acids is 4. The lowest BCUT2D eigenvalue weighted by molar-refractivity contribution is -0.142. The van der Waals surface area contributed by atoms with Crippen LogP contribution in [-0.4, -0.2) is 97.0 Å². The summed E-state index contributed by atoms with van der Waals surface area (Å²) in [6.45, 7) is 9.92. The Morgan fingerprint density at radius 2 is 1.70 bits per heavy atom. The number of sulfonamides is 1. The molecule has 0 spiro atoms. The third-order valence-corrected chi connectivity index (χ3v) is 16.7. The Bertz CT molecular complexity index is 2560. The Morgan fingerprint density at radius 3 is 2.39 bits per heavy atom. The largest absolute Gasteiger partial charge is 0.494 e. The molecule has 3 N–H and O–H groups in total. The molecule has 360 valence electrons. The second-order valence-corrected chi connectivity index (χ2v) is 22.2. The molecule has 2 aromatic carbocycles. The molecule has 6 aliphatic rings. The lowest BCUT2D eigenvalue weighted by atomic mass is 9.88. The number of aromatic nitrogens is 1. The normalized spacial score (nSPS) is 32.1. The van der Waals surface area contributed by atoms with Crippen molar-refractivity contribution in [1.82, 2.24) is 25.2 Å². The smallest absolute Gasteiger partial charge is 0.408 e. The molecule has 17 heteroatoms. The zero-order valence-corrected chi connectivity index (χ0v) is 39.8. The predicted octanol–water partition coefficient (Wildman–Crippen LogP) is 6.82. The number of rotatable bonds is 11. The molecule has 1 aromatic heterocycles. The molecule has 9 rings (SSSR count). The number of pyridine rings is 1. The molecule has 0 radical (unpaired) electrons. The van der Waals surface area contributed by atoms with E-state index in [2.05, 4.69) is 29.2 Å². The van der Waals surface area contributed by atoms with Crippen LogP contribution in [0, 0.1) is 41.3 Å². The zero-order valence-electron chi connectivity index (χ0n) is 39.0. The fourth-order valence-electron chi connectivity index (χ4n) is 10.8. The standard InChI is InChI=1S/C50H62FN5O10S/c1-26(2)64-33-13-11-30(12-14-33)41-18-31-19-43(63-6)40(51)23-39(31)46(52-41)65-35-22-42-45(57)54-50(48(59)55-67(61,62)36-15-16-36)24-32(50)10-8-7-9-27(3)17-28(4)44(47(58)56(42)25-35)53-49(60)66-34-20-37-29(5)38(37)21-34/h8,10-14,18-19,23,26-29,32,34-38,42,44H,7,9,15-17,20-22,24-25H2,1-6H3,(H,53,60)(H,54,57)(H,55,59)/b10-8-/t27-,28+,29?,32+,34?,35+,37?,38?,42-,44?,50+/m0/s1. The van der Waals surface area contributed by atoms with Gasteiger partial charge in [0.15, 0.2) is 11.6 Å². The number of methoxy groups -OCH3 is 1. The van der Waals surface area contributed by atoms with Gasteiger partial charge in [0.05, 0.1) is 30.7 Å². The third kappa shape index (κ3) is 9.80. The van der Waals surface area contributed by atoms with Crippen LogP contribution in [0.4, 0.5) is 9.18 Å². The van der Waals surface area contributed by atoms with Gasteiger partial charge in [-0.15, -0.1) is 0 Å². The number of fused-ring (bicyclic) bond motifs is 4. The quantitative estimate of drug-likeness (QED) is 0.171. The molecule has 4 saturated carbocycles. The second-order valence-electron chi connectivity index (χ2n) is 20.3. The van der Waals surface area contributed by atoms with E-state index >= 15 is 9.18 Å². The van der Waals surface area contributed by atoms with Crippen molar-refractivity contribution < 1.29 is 50.9 Å². The molecular weight excluding hydrogens is 882 g/mol. The van der Waals surface area contributed by atoms with E-state index in [0.29, 0.717) is 71.2 Å². The first kappa shape index (κ1) is 46.7. The Hall–Kier alpha value is -5.45. The minimum absolute atomic E-state index is 0.0150. The van der Waals surface area contributed by atoms with E-state index in [1.54, 1.807) is 12.1 Å². The van der Waals surface area contributed by atoms with E-state index in [1.165, 1.54) is 18.1 Å². The number of carbonyl (C=O) groups is 4. The van der Waals surface area contributed by atoms with Crippen molar-refractivity contribution in [2.45, 2.75) is 134 Å². The van der Waals surface area contributed by atoms with E-state index in [0.717, 1.165) is 19.3 Å². The Balaban J connectivity index is 1.05. The van der Waals surface area contributed by atoms with Gasteiger partial charge >= 0.3 is 6.09 Å². The van der Waals surface area contributed by atoms with Crippen LogP contribution in [0.3, 0.4) is 0 Å². The molecule has 9 atom stereocenters. The molecule has 0 bridgehead atoms. The van der Waals surface area contributed by atoms with E-state index in [9.17, 15) is 22.8 Å². The summed E-state index contributed by atoms with van der Waals surface area (Å²) in [5, 5.41) is 6.04. The number of hydrogen-bond acceptors (Lipinski definition) is 11. The number of alkyl carbamates (subject to hydrolysis) is 1. The average Bonchev–Trinajstić information content (AvgIpc) is 4.24. The minimum Gasteiger partial charge on any atom is -0.494 e. The number of halogens is 1. The highest BCUT2D eigenvalue weighted by molar-refractivity contribution is 7.91. The lowest BCUT2D eigenvalue weighted by Crippen LogP contribution is -2.59. The van der Waals surface area contributed by atoms with Crippen molar-refractivity contribution in [2.75, 3.05) is 13.7 Å². The summed E-state index contributed by atoms with van der Waals surface area (Å²) in [6, 6.07) is 9.64. The highest BCUT2D eigenvalue weighted by atomic mass is 32.2. The first-order chi connectivity index (χ1) is 31.9. The monoisotopic (exact) mass is 943 g/mol. The molecular formula is C50H62FN5O10S. The number of benzene rings is 2. The highest BCUT2D eigenvalue weighted by Crippen LogP contribution is 2.57. The van der Waals surface area contributed by atoms with Crippen molar-refractivity contribution in [2.24, 2.45) is 35.5 Å². The van der Waals surface area contributed by atoms with E-state index < -0.39 is 74.5 Å². The van der Waals surface area contributed by atoms with E-state index in [4.69, 9.17) is 23.9 Å². The highest BCUT2D eigenvalue weighted by Gasteiger charge is 2.62. The maximum absolute atomic E-state index is 15.5. The average molecular weight is 944 g/mol. The molecule has 1 saturated heterocycles. The number of nitrogens with one attached hydrogen (secondary N) is 3. The maximum atomic E-state index is 15.5. The van der Waals surface area contributed by atoms with Gasteiger partial charge in [0.2, 0.25) is 27.7 Å². The molecule has 3 heterocycles. The van der Waals surface area contributed by atoms with Crippen molar-refractivity contribution in [3.05, 3.63) is 60.4 Å². The fraction of sp³-hybridized carbons (Fsp3) is 0.580. The number of allylic oxidation sites excluding steroid dienone is 1. The van der Waals surface area contributed by atoms with Gasteiger partial charge in [-0.1, -0.05) is 32.9 Å². The van der Waals surface area contributed by atoms with Gasteiger partial charge in [0.25, 0.3) is 5.91 Å². The van der Waals surface area contributed by atoms with Crippen LogP contribution in [0.15, 0.2) is 54.6 Å². The molecule has 5 fully saturated rings. The molecule has 4 aliphatic carbocycles. The van der Waals surface area contributed by atoms with Crippen LogP contribution in [0.25, 0.3) is 22.0 Å². The van der Waals surface area contributed by atoms with E-state index in [1.807, 2.05) is 57.2 Å². The van der Waals surface area contributed by atoms with Gasteiger partial charge < -0.3 is 34.5 Å². The zero-order chi connectivity index (χ0) is 47.5. The topological polar surface area (TPSA) is 192 Å². The molecule has 67 heavy (non-hydrogen) atoms. The SMILES string of the molecule is COc1cc2cc(-c3ccc(OC(C)C)cc3)nc(O[C@@H]3C[C@H]4C(=O)N[C@]5(C(=O)NS(=O)(=O)C6CC6)C[C@H]5/C=C\CC[C@H](C)C[C@@H](C)C(NC(=O)OC5CC6C(C)C6C5)C(=O)N4C3)c2cc1F. The summed E-state index contributed by atoms with van der Waals surface area (Å²) >= 11 is 0. The van der Waals surface area contributed by atoms with Gasteiger partial charge in [-0.05, 0) is 143 Å². The van der Waals surface area contributed by atoms with Crippen LogP contribution < -0.4 is 29.6 Å². The van der Waals surface area contributed by atoms with Crippen molar-refractivity contribution in [3.8, 4) is 28.6 Å². The summed E-state index contributed by atoms with van der Waals surface area (Å²) in [6.07, 6.45) is 6.44. The van der Waals surface area contributed by atoms with Gasteiger partial charge in [0, 0.05) is 23.3 Å². The minimum atomic E-state index is -3.96. The maximum Gasteiger partial charge on any atom is 0.408 e. The molecule has 3 aromatic rings. The van der Waals surface area contributed by atoms with Crippen LogP contribution in [0.5, 0.6) is 17.4 Å². The first-order valence-corrected chi connectivity index (χ1v) is 25.4. The summed E-state index contributed by atoms with van der Waals surface area (Å²) in [4.78, 5) is 64.0. The molecule has 2 aliphatic heterocycles. The fourth-order valence-corrected chi connectivity index (χ4v) is 12.1. The summed E-state index contributed by atoms with van der Waals surface area (Å²) in [5.74, 6) is -1.03. The summed E-state index contributed by atoms with van der Waals surface area (Å²) in [5.41, 5.74) is -0.370. The lowest BCUT2D eigenvalue weighted by Gasteiger charge is -2.33. The van der Waals surface area contributed by atoms with Crippen LogP contribution in [0.2, 0.25) is 0 Å². The Labute approximate surface area is 391 Å². The number of nitrogens with zero attached hydrogens (tertiary/aromatic N) is 2. The van der Waals surface area contributed by atoms with Crippen LogP contribution >= 0.6 is 0 Å². The van der Waals surface area contributed by atoms with E-state index in [-0.39, 0.29) is 55.1 Å². The van der Waals surface area contributed by atoms with Crippen molar-refractivity contribution in [1.29, 1.82) is 0 Å². The van der Waals surface area contributed by atoms with Crippen molar-refractivity contribution >= 4 is 44.6 Å². The van der Waals surface area contributed by atoms with Crippen LogP contribution in [0.1, 0.15) is 92.4 Å². The number of hydrogen-bond donors (Lipinski definition) is 3. The second kappa shape index (κ2) is 18.2. The Morgan fingerprint density at radius 1 is 0.970 bits per heavy atom. The molecule has 3 unspecified atom stereocenters. The van der Waals surface area contributed by atoms with Gasteiger partial charge in [-0.2, -0.15) is 0 Å². The first-order valence-electron chi connectivity index (χ1n) is 23.9. The number of amides is 4. The van der Waals surface area contributed by atoms with Gasteiger partial charge in [-0.3, -0.25) is 19.1 Å². The molecule has 4 amide bonds.